The van der Waals surface area contributed by atoms with Crippen LogP contribution in [0.5, 0.6) is 5.75 Å². The molecule has 1 heterocycles. The van der Waals surface area contributed by atoms with Crippen LogP contribution in [0.3, 0.4) is 0 Å². The first-order valence-electron chi connectivity index (χ1n) is 7.32. The molecule has 7 heteroatoms. The van der Waals surface area contributed by atoms with E-state index >= 15 is 0 Å². The second-order valence-electron chi connectivity index (χ2n) is 5.44. The van der Waals surface area contributed by atoms with Gasteiger partial charge in [-0.25, -0.2) is 4.98 Å². The highest BCUT2D eigenvalue weighted by Crippen LogP contribution is 2.18. The number of aromatic nitrogens is 1. The summed E-state index contributed by atoms with van der Waals surface area (Å²) in [5, 5.41) is 15.4. The molecule has 0 bridgehead atoms. The highest BCUT2D eigenvalue weighted by atomic mass is 16.5. The zero-order valence-corrected chi connectivity index (χ0v) is 13.4. The molecule has 0 fully saturated rings. The Balaban J connectivity index is 1.91. The summed E-state index contributed by atoms with van der Waals surface area (Å²) in [6, 6.07) is 11.7. The number of anilines is 2. The van der Waals surface area contributed by atoms with Crippen LogP contribution in [-0.4, -0.2) is 34.1 Å². The molecule has 0 radical (unpaired) electrons. The summed E-state index contributed by atoms with van der Waals surface area (Å²) in [6.07, 6.45) is 1.54. The van der Waals surface area contributed by atoms with Gasteiger partial charge in [-0.3, -0.25) is 9.59 Å². The van der Waals surface area contributed by atoms with Crippen molar-refractivity contribution in [1.29, 1.82) is 0 Å². The van der Waals surface area contributed by atoms with Crippen LogP contribution in [-0.2, 0) is 9.59 Å². The Bertz CT molecular complexity index is 700. The van der Waals surface area contributed by atoms with Gasteiger partial charge in [0.15, 0.2) is 5.60 Å². The fraction of sp³-hybridized carbons (Fsp3) is 0.235. The summed E-state index contributed by atoms with van der Waals surface area (Å²) in [4.78, 5) is 27.0. The third-order valence-electron chi connectivity index (χ3n) is 3.09. The maximum absolute atomic E-state index is 12.1. The molecule has 1 atom stereocenters. The van der Waals surface area contributed by atoms with Gasteiger partial charge in [0.25, 0.3) is 5.91 Å². The summed E-state index contributed by atoms with van der Waals surface area (Å²) in [5.41, 5.74) is -1.09. The smallest absolute Gasteiger partial charge is 0.260 e. The largest absolute Gasteiger partial charge is 0.490 e. The van der Waals surface area contributed by atoms with Gasteiger partial charge in [0.1, 0.15) is 18.2 Å². The number of carbonyl (C=O) groups is 2. The van der Waals surface area contributed by atoms with Crippen molar-refractivity contribution in [3.05, 3.63) is 48.7 Å². The van der Waals surface area contributed by atoms with Crippen LogP contribution in [0.25, 0.3) is 0 Å². The molecule has 7 nitrogen and oxygen atoms in total. The monoisotopic (exact) mass is 329 g/mol. The van der Waals surface area contributed by atoms with Crippen LogP contribution in [0.4, 0.5) is 11.5 Å². The SMILES string of the molecule is CC(=O)Nc1ccc(OCC(C)(O)C(=O)Nc2ccccn2)cc1. The highest BCUT2D eigenvalue weighted by Gasteiger charge is 2.31. The van der Waals surface area contributed by atoms with Gasteiger partial charge in [-0.2, -0.15) is 0 Å². The molecule has 1 unspecified atom stereocenters. The van der Waals surface area contributed by atoms with Crippen molar-refractivity contribution in [2.75, 3.05) is 17.2 Å². The second kappa shape index (κ2) is 7.56. The maximum atomic E-state index is 12.1. The second-order valence-corrected chi connectivity index (χ2v) is 5.44. The average molecular weight is 329 g/mol. The summed E-state index contributed by atoms with van der Waals surface area (Å²) < 4.78 is 5.45. The fourth-order valence-electron chi connectivity index (χ4n) is 1.81. The van der Waals surface area contributed by atoms with E-state index in [2.05, 4.69) is 15.6 Å². The Morgan fingerprint density at radius 3 is 2.46 bits per heavy atom. The van der Waals surface area contributed by atoms with E-state index < -0.39 is 11.5 Å². The van der Waals surface area contributed by atoms with E-state index in [4.69, 9.17) is 4.74 Å². The molecule has 126 valence electrons. The van der Waals surface area contributed by atoms with E-state index in [0.29, 0.717) is 17.3 Å². The number of nitrogens with zero attached hydrogens (tertiary/aromatic N) is 1. The molecule has 0 aliphatic rings. The lowest BCUT2D eigenvalue weighted by atomic mass is 10.1. The number of hydrogen-bond acceptors (Lipinski definition) is 5. The predicted octanol–water partition coefficient (Wildman–Crippen LogP) is 1.81. The van der Waals surface area contributed by atoms with Crippen molar-refractivity contribution in [3.8, 4) is 5.75 Å². The number of pyridine rings is 1. The van der Waals surface area contributed by atoms with Gasteiger partial charge >= 0.3 is 0 Å². The molecule has 2 rings (SSSR count). The minimum atomic E-state index is -1.73. The Kier molecular flexibility index (Phi) is 5.49. The summed E-state index contributed by atoms with van der Waals surface area (Å²) in [7, 11) is 0. The molecule has 24 heavy (non-hydrogen) atoms. The molecule has 0 saturated carbocycles. The summed E-state index contributed by atoms with van der Waals surface area (Å²) >= 11 is 0. The van der Waals surface area contributed by atoms with Crippen LogP contribution in [0.15, 0.2) is 48.7 Å². The molecular formula is C17H19N3O4. The van der Waals surface area contributed by atoms with E-state index in [1.54, 1.807) is 42.5 Å². The number of ether oxygens (including phenoxy) is 1. The molecule has 0 aliphatic carbocycles. The maximum Gasteiger partial charge on any atom is 0.260 e. The zero-order valence-electron chi connectivity index (χ0n) is 13.4. The number of carbonyl (C=O) groups excluding carboxylic acids is 2. The fourth-order valence-corrected chi connectivity index (χ4v) is 1.81. The third-order valence-corrected chi connectivity index (χ3v) is 3.09. The Hall–Kier alpha value is -2.93. The van der Waals surface area contributed by atoms with E-state index in [1.165, 1.54) is 20.0 Å². The normalized spacial score (nSPS) is 12.8. The summed E-state index contributed by atoms with van der Waals surface area (Å²) in [5.74, 6) is 0.0336. The number of rotatable bonds is 6. The lowest BCUT2D eigenvalue weighted by Crippen LogP contribution is -2.45. The molecule has 2 amide bonds. The number of aliphatic hydroxyl groups is 1. The topological polar surface area (TPSA) is 101 Å². The molecule has 0 saturated heterocycles. The van der Waals surface area contributed by atoms with E-state index in [9.17, 15) is 14.7 Å². The van der Waals surface area contributed by atoms with Gasteiger partial charge in [0, 0.05) is 18.8 Å². The number of amides is 2. The van der Waals surface area contributed by atoms with Crippen LogP contribution in [0.1, 0.15) is 13.8 Å². The molecule has 1 aromatic carbocycles. The first kappa shape index (κ1) is 17.4. The number of nitrogens with one attached hydrogen (secondary N) is 2. The van der Waals surface area contributed by atoms with Gasteiger partial charge in [-0.05, 0) is 43.3 Å². The number of hydrogen-bond donors (Lipinski definition) is 3. The molecular weight excluding hydrogens is 310 g/mol. The minimum Gasteiger partial charge on any atom is -0.490 e. The predicted molar refractivity (Wildman–Crippen MR) is 89.7 cm³/mol. The van der Waals surface area contributed by atoms with Crippen molar-refractivity contribution in [1.82, 2.24) is 4.98 Å². The van der Waals surface area contributed by atoms with Crippen molar-refractivity contribution >= 4 is 23.3 Å². The van der Waals surface area contributed by atoms with Gasteiger partial charge in [0.05, 0.1) is 0 Å². The zero-order chi connectivity index (χ0) is 17.6. The van der Waals surface area contributed by atoms with Gasteiger partial charge in [-0.1, -0.05) is 6.07 Å². The van der Waals surface area contributed by atoms with Crippen LogP contribution < -0.4 is 15.4 Å². The van der Waals surface area contributed by atoms with Crippen molar-refractivity contribution in [2.24, 2.45) is 0 Å². The minimum absolute atomic E-state index is 0.169. The first-order valence-corrected chi connectivity index (χ1v) is 7.32. The molecule has 1 aromatic heterocycles. The first-order chi connectivity index (χ1) is 11.4. The van der Waals surface area contributed by atoms with Crippen molar-refractivity contribution in [2.45, 2.75) is 19.4 Å². The number of benzene rings is 1. The average Bonchev–Trinajstić information content (AvgIpc) is 2.54. The van der Waals surface area contributed by atoms with E-state index in [0.717, 1.165) is 0 Å². The lowest BCUT2D eigenvalue weighted by Gasteiger charge is -2.22. The Morgan fingerprint density at radius 2 is 1.88 bits per heavy atom. The van der Waals surface area contributed by atoms with E-state index in [-0.39, 0.29) is 12.5 Å². The highest BCUT2D eigenvalue weighted by molar-refractivity contribution is 5.96. The lowest BCUT2D eigenvalue weighted by molar-refractivity contribution is -0.135. The molecule has 2 aromatic rings. The Labute approximate surface area is 139 Å². The Morgan fingerprint density at radius 1 is 1.17 bits per heavy atom. The van der Waals surface area contributed by atoms with Crippen LogP contribution in [0.2, 0.25) is 0 Å². The van der Waals surface area contributed by atoms with Crippen LogP contribution in [0, 0.1) is 0 Å². The third kappa shape index (κ3) is 5.06. The quantitative estimate of drug-likeness (QED) is 0.750. The molecule has 0 spiro atoms. The summed E-state index contributed by atoms with van der Waals surface area (Å²) in [6.45, 7) is 2.55. The standard InChI is InChI=1S/C17H19N3O4/c1-12(21)19-13-6-8-14(9-7-13)24-11-17(2,23)16(22)20-15-5-3-4-10-18-15/h3-10,23H,11H2,1-2H3,(H,19,21)(H,18,20,22). The molecule has 3 N–H and O–H groups in total. The van der Waals surface area contributed by atoms with Crippen LogP contribution >= 0.6 is 0 Å². The van der Waals surface area contributed by atoms with Crippen molar-refractivity contribution in [3.63, 3.8) is 0 Å². The van der Waals surface area contributed by atoms with Crippen molar-refractivity contribution < 1.29 is 19.4 Å². The van der Waals surface area contributed by atoms with E-state index in [1.807, 2.05) is 0 Å². The van der Waals surface area contributed by atoms with Gasteiger partial charge in [-0.15, -0.1) is 0 Å². The van der Waals surface area contributed by atoms with Gasteiger partial charge in [0.2, 0.25) is 5.91 Å². The molecule has 0 aliphatic heterocycles. The van der Waals surface area contributed by atoms with Gasteiger partial charge < -0.3 is 20.5 Å².